The Kier molecular flexibility index (Phi) is 7.29. The lowest BCUT2D eigenvalue weighted by molar-refractivity contribution is -0.121. The van der Waals surface area contributed by atoms with Crippen molar-refractivity contribution in [1.82, 2.24) is 15.2 Å². The number of morpholine rings is 1. The lowest BCUT2D eigenvalue weighted by Gasteiger charge is -2.26. The van der Waals surface area contributed by atoms with Gasteiger partial charge in [-0.15, -0.1) is 0 Å². The molecule has 2 amide bonds. The third-order valence-electron chi connectivity index (χ3n) is 7.20. The van der Waals surface area contributed by atoms with E-state index >= 15 is 0 Å². The van der Waals surface area contributed by atoms with E-state index < -0.39 is 0 Å². The normalized spacial score (nSPS) is 19.2. The van der Waals surface area contributed by atoms with Crippen molar-refractivity contribution in [3.05, 3.63) is 52.1 Å². The van der Waals surface area contributed by atoms with E-state index in [2.05, 4.69) is 20.5 Å². The maximum absolute atomic E-state index is 13.9. The van der Waals surface area contributed by atoms with Crippen LogP contribution in [0.25, 0.3) is 11.6 Å². The molecule has 1 saturated heterocycles. The molecule has 1 aromatic carbocycles. The molecule has 35 heavy (non-hydrogen) atoms. The molecule has 0 atom stereocenters. The van der Waals surface area contributed by atoms with Gasteiger partial charge in [0.15, 0.2) is 0 Å². The molecule has 5 rings (SSSR count). The monoisotopic (exact) mass is 480 g/mol. The number of ether oxygens (including phenoxy) is 1. The Bertz CT molecular complexity index is 1130. The van der Waals surface area contributed by atoms with Gasteiger partial charge in [0.2, 0.25) is 5.91 Å². The number of carbonyl (C=O) groups excluding carboxylic acids is 2. The number of rotatable bonds is 7. The Labute approximate surface area is 205 Å². The van der Waals surface area contributed by atoms with E-state index in [-0.39, 0.29) is 17.6 Å². The van der Waals surface area contributed by atoms with Crippen LogP contribution < -0.4 is 10.6 Å². The van der Waals surface area contributed by atoms with Crippen LogP contribution in [0.15, 0.2) is 18.2 Å². The molecule has 7 nitrogen and oxygen atoms in total. The first-order valence-electron chi connectivity index (χ1n) is 12.7. The summed E-state index contributed by atoms with van der Waals surface area (Å²) < 4.78 is 19.3. The molecule has 0 radical (unpaired) electrons. The van der Waals surface area contributed by atoms with Crippen molar-refractivity contribution in [1.29, 1.82) is 0 Å². The van der Waals surface area contributed by atoms with Crippen LogP contribution in [0.3, 0.4) is 0 Å². The molecule has 2 aromatic rings. The highest BCUT2D eigenvalue weighted by Crippen LogP contribution is 2.35. The zero-order valence-corrected chi connectivity index (χ0v) is 20.1. The van der Waals surface area contributed by atoms with Gasteiger partial charge in [-0.3, -0.25) is 14.5 Å². The summed E-state index contributed by atoms with van der Waals surface area (Å²) in [5.74, 6) is -0.573. The number of aromatic nitrogens is 1. The first kappa shape index (κ1) is 23.8. The maximum Gasteiger partial charge on any atom is 0.256 e. The number of nitrogens with one attached hydrogen (secondary N) is 3. The van der Waals surface area contributed by atoms with Gasteiger partial charge in [-0.1, -0.05) is 6.42 Å². The summed E-state index contributed by atoms with van der Waals surface area (Å²) in [7, 11) is 0. The van der Waals surface area contributed by atoms with Crippen molar-refractivity contribution >= 4 is 29.2 Å². The molecular formula is C27H33FN4O3. The Balaban J connectivity index is 1.32. The van der Waals surface area contributed by atoms with E-state index in [0.717, 1.165) is 69.8 Å². The van der Waals surface area contributed by atoms with E-state index in [1.54, 1.807) is 6.07 Å². The van der Waals surface area contributed by atoms with Crippen molar-refractivity contribution in [3.63, 3.8) is 0 Å². The molecule has 0 bridgehead atoms. The number of aryl methyl sites for hydroxylation is 1. The van der Waals surface area contributed by atoms with E-state index in [1.165, 1.54) is 29.8 Å². The fraction of sp³-hybridized carbons (Fsp3) is 0.481. The summed E-state index contributed by atoms with van der Waals surface area (Å²) in [6, 6.07) is 4.34. The van der Waals surface area contributed by atoms with Crippen LogP contribution in [0.5, 0.6) is 0 Å². The van der Waals surface area contributed by atoms with Gasteiger partial charge in [-0.25, -0.2) is 4.39 Å². The molecule has 0 saturated carbocycles. The lowest BCUT2D eigenvalue weighted by atomic mass is 9.98. The number of amides is 2. The Morgan fingerprint density at radius 2 is 2.00 bits per heavy atom. The molecular weight excluding hydrogens is 447 g/mol. The average molecular weight is 481 g/mol. The van der Waals surface area contributed by atoms with Gasteiger partial charge in [0.05, 0.1) is 18.8 Å². The molecule has 3 N–H and O–H groups in total. The van der Waals surface area contributed by atoms with Gasteiger partial charge < -0.3 is 20.4 Å². The highest BCUT2D eigenvalue weighted by Gasteiger charge is 2.26. The highest BCUT2D eigenvalue weighted by molar-refractivity contribution is 6.34. The van der Waals surface area contributed by atoms with Gasteiger partial charge in [-0.2, -0.15) is 0 Å². The summed E-state index contributed by atoms with van der Waals surface area (Å²) in [6.45, 7) is 4.77. The molecule has 186 valence electrons. The predicted octanol–water partition coefficient (Wildman–Crippen LogP) is 3.30. The fourth-order valence-electron chi connectivity index (χ4n) is 5.32. The second-order valence-electron chi connectivity index (χ2n) is 9.54. The SMILES string of the molecule is O=C(CCc1c(C=C2C(=O)Nc3ccc(F)cc32)[nH]c2c1CCCCC2)NCCN1CCOCC1. The van der Waals surface area contributed by atoms with Crippen LogP contribution in [0.4, 0.5) is 10.1 Å². The first-order valence-corrected chi connectivity index (χ1v) is 12.7. The van der Waals surface area contributed by atoms with Crippen LogP contribution in [-0.2, 0) is 33.6 Å². The van der Waals surface area contributed by atoms with E-state index in [4.69, 9.17) is 4.74 Å². The van der Waals surface area contributed by atoms with E-state index in [9.17, 15) is 14.0 Å². The zero-order valence-electron chi connectivity index (χ0n) is 20.1. The maximum atomic E-state index is 13.9. The molecule has 3 aliphatic rings. The molecule has 1 fully saturated rings. The molecule has 8 heteroatoms. The minimum atomic E-state index is -0.373. The van der Waals surface area contributed by atoms with E-state index in [1.807, 2.05) is 6.08 Å². The summed E-state index contributed by atoms with van der Waals surface area (Å²) in [6.07, 6.45) is 8.20. The Morgan fingerprint density at radius 3 is 2.86 bits per heavy atom. The standard InChI is InChI=1S/C27H33FN4O3/c28-18-6-8-24-21(16-18)22(27(34)31-24)17-25-20(19-4-2-1-3-5-23(19)30-25)7-9-26(33)29-10-11-32-12-14-35-15-13-32/h6,8,16-17,30H,1-5,7,9-15H2,(H,29,33)(H,31,34). The Morgan fingerprint density at radius 1 is 1.17 bits per heavy atom. The van der Waals surface area contributed by atoms with E-state index in [0.29, 0.717) is 36.2 Å². The van der Waals surface area contributed by atoms with Crippen LogP contribution in [0.1, 0.15) is 53.8 Å². The molecule has 0 unspecified atom stereocenters. The number of halogens is 1. The molecule has 2 aliphatic heterocycles. The fourth-order valence-corrected chi connectivity index (χ4v) is 5.32. The summed E-state index contributed by atoms with van der Waals surface area (Å²) in [5.41, 5.74) is 6.11. The second-order valence-corrected chi connectivity index (χ2v) is 9.54. The van der Waals surface area contributed by atoms with Crippen LogP contribution in [0.2, 0.25) is 0 Å². The topological polar surface area (TPSA) is 86.5 Å². The van der Waals surface area contributed by atoms with Gasteiger partial charge >= 0.3 is 0 Å². The number of H-pyrrole nitrogens is 1. The van der Waals surface area contributed by atoms with Crippen molar-refractivity contribution in [2.75, 3.05) is 44.7 Å². The van der Waals surface area contributed by atoms with Crippen LogP contribution in [-0.4, -0.2) is 61.1 Å². The number of nitrogens with zero attached hydrogens (tertiary/aromatic N) is 1. The minimum Gasteiger partial charge on any atom is -0.379 e. The third-order valence-corrected chi connectivity index (χ3v) is 7.20. The van der Waals surface area contributed by atoms with Crippen LogP contribution >= 0.6 is 0 Å². The zero-order chi connectivity index (χ0) is 24.2. The minimum absolute atomic E-state index is 0.0338. The average Bonchev–Trinajstić information content (AvgIpc) is 3.23. The summed E-state index contributed by atoms with van der Waals surface area (Å²) in [4.78, 5) is 31.2. The molecule has 0 spiro atoms. The number of benzene rings is 1. The van der Waals surface area contributed by atoms with Gasteiger partial charge in [0.1, 0.15) is 5.82 Å². The van der Waals surface area contributed by atoms with Gasteiger partial charge in [-0.05, 0) is 67.5 Å². The molecule has 1 aliphatic carbocycles. The van der Waals surface area contributed by atoms with Crippen molar-refractivity contribution in [2.45, 2.75) is 44.9 Å². The van der Waals surface area contributed by atoms with Crippen molar-refractivity contribution < 1.29 is 18.7 Å². The van der Waals surface area contributed by atoms with Gasteiger partial charge in [0, 0.05) is 55.2 Å². The van der Waals surface area contributed by atoms with Crippen molar-refractivity contribution in [3.8, 4) is 0 Å². The number of fused-ring (bicyclic) bond motifs is 2. The highest BCUT2D eigenvalue weighted by atomic mass is 19.1. The van der Waals surface area contributed by atoms with Crippen LogP contribution in [0, 0.1) is 5.82 Å². The summed E-state index contributed by atoms with van der Waals surface area (Å²) in [5, 5.41) is 5.87. The summed E-state index contributed by atoms with van der Waals surface area (Å²) >= 11 is 0. The number of hydrogen-bond acceptors (Lipinski definition) is 4. The number of hydrogen-bond donors (Lipinski definition) is 3. The van der Waals surface area contributed by atoms with Crippen molar-refractivity contribution in [2.24, 2.45) is 0 Å². The quantitative estimate of drug-likeness (QED) is 0.419. The smallest absolute Gasteiger partial charge is 0.256 e. The third kappa shape index (κ3) is 5.49. The molecule has 3 heterocycles. The lowest BCUT2D eigenvalue weighted by Crippen LogP contribution is -2.41. The Hall–Kier alpha value is -2.97. The number of aromatic amines is 1. The first-order chi connectivity index (χ1) is 17.1. The molecule has 1 aromatic heterocycles. The second kappa shape index (κ2) is 10.7. The number of carbonyl (C=O) groups is 2. The largest absolute Gasteiger partial charge is 0.379 e. The van der Waals surface area contributed by atoms with Gasteiger partial charge in [0.25, 0.3) is 5.91 Å². The predicted molar refractivity (Wildman–Crippen MR) is 134 cm³/mol. The number of anilines is 1.